The first kappa shape index (κ1) is 34.0. The highest BCUT2D eigenvalue weighted by atomic mass is 16.6. The second-order valence-corrected chi connectivity index (χ2v) is 11.8. The molecule has 12 nitrogen and oxygen atoms in total. The topological polar surface area (TPSA) is 151 Å². The molecule has 1 aliphatic rings. The third-order valence-electron chi connectivity index (χ3n) is 7.18. The van der Waals surface area contributed by atoms with Crippen LogP contribution in [0.15, 0.2) is 66.7 Å². The number of esters is 1. The van der Waals surface area contributed by atoms with Gasteiger partial charge in [0.25, 0.3) is 5.91 Å². The van der Waals surface area contributed by atoms with Gasteiger partial charge in [-0.1, -0.05) is 60.7 Å². The highest BCUT2D eigenvalue weighted by molar-refractivity contribution is 5.96. The first-order valence-electron chi connectivity index (χ1n) is 15.4. The smallest absolute Gasteiger partial charge is 0.409 e. The van der Waals surface area contributed by atoms with Crippen LogP contribution in [0.3, 0.4) is 0 Å². The average molecular weight is 632 g/mol. The summed E-state index contributed by atoms with van der Waals surface area (Å²) in [6.45, 7) is 8.22. The number of aromatic nitrogens is 2. The molecule has 1 aromatic heterocycles. The van der Waals surface area contributed by atoms with Gasteiger partial charge in [0.1, 0.15) is 23.4 Å². The summed E-state index contributed by atoms with van der Waals surface area (Å²) >= 11 is 0. The molecule has 12 heteroatoms. The lowest BCUT2D eigenvalue weighted by molar-refractivity contribution is -0.155. The van der Waals surface area contributed by atoms with E-state index in [0.717, 1.165) is 0 Å². The lowest BCUT2D eigenvalue weighted by atomic mass is 10.0. The van der Waals surface area contributed by atoms with E-state index in [0.29, 0.717) is 11.1 Å². The van der Waals surface area contributed by atoms with Crippen LogP contribution >= 0.6 is 0 Å². The Morgan fingerprint density at radius 3 is 2.13 bits per heavy atom. The summed E-state index contributed by atoms with van der Waals surface area (Å²) in [7, 11) is 0. The third kappa shape index (κ3) is 9.33. The molecule has 0 saturated carbocycles. The molecule has 2 atom stereocenters. The van der Waals surface area contributed by atoms with Crippen LogP contribution in [0.25, 0.3) is 11.4 Å². The predicted octanol–water partition coefficient (Wildman–Crippen LogP) is 3.75. The number of hydrogen-bond donors (Lipinski definition) is 2. The van der Waals surface area contributed by atoms with Gasteiger partial charge in [-0.15, -0.1) is 0 Å². The van der Waals surface area contributed by atoms with Gasteiger partial charge in [0.05, 0.1) is 12.3 Å². The van der Waals surface area contributed by atoms with Crippen molar-refractivity contribution in [1.29, 1.82) is 0 Å². The Kier molecular flexibility index (Phi) is 11.4. The minimum absolute atomic E-state index is 0.0201. The van der Waals surface area contributed by atoms with E-state index in [4.69, 9.17) is 9.47 Å². The van der Waals surface area contributed by atoms with Crippen molar-refractivity contribution in [1.82, 2.24) is 25.1 Å². The van der Waals surface area contributed by atoms with Gasteiger partial charge in [-0.25, -0.2) is 14.8 Å². The maximum absolute atomic E-state index is 13.8. The highest BCUT2D eigenvalue weighted by Crippen LogP contribution is 2.24. The summed E-state index contributed by atoms with van der Waals surface area (Å²) in [6, 6.07) is 18.3. The van der Waals surface area contributed by atoms with Crippen LogP contribution in [0.4, 0.5) is 4.79 Å². The SMILES string of the molecule is CCOC(=O)N1CCN(C(=O)C(CCC(=O)OC(C)(C)C)NC(=O)c2cc([C@@H](O)c3ccccc3)nc(-c3ccccc3)n2)CC1. The Bertz CT molecular complexity index is 1500. The first-order chi connectivity index (χ1) is 21.9. The molecule has 4 rings (SSSR count). The van der Waals surface area contributed by atoms with E-state index in [-0.39, 0.29) is 62.8 Å². The van der Waals surface area contributed by atoms with Crippen molar-refractivity contribution >= 4 is 23.9 Å². The molecule has 0 bridgehead atoms. The van der Waals surface area contributed by atoms with E-state index in [9.17, 15) is 24.3 Å². The Morgan fingerprint density at radius 1 is 0.913 bits per heavy atom. The van der Waals surface area contributed by atoms with Crippen molar-refractivity contribution in [2.24, 2.45) is 0 Å². The van der Waals surface area contributed by atoms with Crippen molar-refractivity contribution in [2.45, 2.75) is 58.3 Å². The number of rotatable bonds is 10. The predicted molar refractivity (Wildman–Crippen MR) is 169 cm³/mol. The number of piperazine rings is 1. The van der Waals surface area contributed by atoms with Gasteiger partial charge in [-0.2, -0.15) is 0 Å². The van der Waals surface area contributed by atoms with Crippen molar-refractivity contribution in [3.05, 3.63) is 83.7 Å². The molecule has 3 aromatic rings. The van der Waals surface area contributed by atoms with Gasteiger partial charge in [0.2, 0.25) is 5.91 Å². The Hall–Kier alpha value is -4.84. The number of hydrogen-bond acceptors (Lipinski definition) is 9. The monoisotopic (exact) mass is 631 g/mol. The fourth-order valence-corrected chi connectivity index (χ4v) is 4.93. The lowest BCUT2D eigenvalue weighted by Gasteiger charge is -2.36. The maximum atomic E-state index is 13.8. The molecule has 1 fully saturated rings. The molecule has 2 aromatic carbocycles. The van der Waals surface area contributed by atoms with Crippen LogP contribution in [0, 0.1) is 0 Å². The van der Waals surface area contributed by atoms with Crippen LogP contribution in [0.1, 0.15) is 68.4 Å². The van der Waals surface area contributed by atoms with E-state index < -0.39 is 41.6 Å². The third-order valence-corrected chi connectivity index (χ3v) is 7.18. The fourth-order valence-electron chi connectivity index (χ4n) is 4.93. The summed E-state index contributed by atoms with van der Waals surface area (Å²) in [4.78, 5) is 64.4. The van der Waals surface area contributed by atoms with Gasteiger partial charge in [-0.05, 0) is 45.7 Å². The molecular weight excluding hydrogens is 590 g/mol. The Labute approximate surface area is 268 Å². The number of aliphatic hydroxyl groups excluding tert-OH is 1. The van der Waals surface area contributed by atoms with Gasteiger partial charge in [0, 0.05) is 38.2 Å². The zero-order chi connectivity index (χ0) is 33.3. The molecule has 46 heavy (non-hydrogen) atoms. The quantitative estimate of drug-likeness (QED) is 0.319. The number of carbonyl (C=O) groups is 4. The molecule has 0 spiro atoms. The zero-order valence-corrected chi connectivity index (χ0v) is 26.6. The molecule has 2 heterocycles. The van der Waals surface area contributed by atoms with Gasteiger partial charge in [-0.3, -0.25) is 14.4 Å². The molecule has 2 N–H and O–H groups in total. The van der Waals surface area contributed by atoms with Crippen LogP contribution in [-0.4, -0.2) is 93.2 Å². The minimum Gasteiger partial charge on any atom is -0.460 e. The van der Waals surface area contributed by atoms with Crippen LogP contribution < -0.4 is 5.32 Å². The van der Waals surface area contributed by atoms with Crippen molar-refractivity contribution in [3.8, 4) is 11.4 Å². The summed E-state index contributed by atoms with van der Waals surface area (Å²) in [5.74, 6) is -1.35. The Morgan fingerprint density at radius 2 is 1.52 bits per heavy atom. The summed E-state index contributed by atoms with van der Waals surface area (Å²) in [5.41, 5.74) is 0.654. The van der Waals surface area contributed by atoms with Gasteiger partial charge >= 0.3 is 12.1 Å². The van der Waals surface area contributed by atoms with Crippen LogP contribution in [0.2, 0.25) is 0 Å². The van der Waals surface area contributed by atoms with Crippen LogP contribution in [-0.2, 0) is 19.1 Å². The molecule has 3 amide bonds. The van der Waals surface area contributed by atoms with E-state index >= 15 is 0 Å². The maximum Gasteiger partial charge on any atom is 0.409 e. The molecule has 244 valence electrons. The highest BCUT2D eigenvalue weighted by Gasteiger charge is 2.32. The largest absolute Gasteiger partial charge is 0.460 e. The van der Waals surface area contributed by atoms with E-state index in [2.05, 4.69) is 15.3 Å². The van der Waals surface area contributed by atoms with Crippen LogP contribution in [0.5, 0.6) is 0 Å². The number of nitrogens with one attached hydrogen (secondary N) is 1. The number of ether oxygens (including phenoxy) is 2. The average Bonchev–Trinajstić information content (AvgIpc) is 3.05. The number of aliphatic hydroxyl groups is 1. The lowest BCUT2D eigenvalue weighted by Crippen LogP contribution is -2.56. The number of nitrogens with zero attached hydrogens (tertiary/aromatic N) is 4. The van der Waals surface area contributed by atoms with Crippen molar-refractivity contribution in [3.63, 3.8) is 0 Å². The minimum atomic E-state index is -1.14. The van der Waals surface area contributed by atoms with Gasteiger partial charge < -0.3 is 29.7 Å². The standard InChI is InChI=1S/C34H41N5O7/c1-5-45-33(44)39-20-18-38(19-21-39)32(43)25(16-17-28(40)46-34(2,3)4)37-31(42)27-22-26(29(41)23-12-8-6-9-13-23)35-30(36-27)24-14-10-7-11-15-24/h6-15,22,25,29,41H,5,16-21H2,1-4H3,(H,37,42)/t25?,29-/m0/s1. The second-order valence-electron chi connectivity index (χ2n) is 11.8. The summed E-state index contributed by atoms with van der Waals surface area (Å²) in [6.07, 6.45) is -1.73. The first-order valence-corrected chi connectivity index (χ1v) is 15.4. The van der Waals surface area contributed by atoms with E-state index in [1.54, 1.807) is 69.0 Å². The zero-order valence-electron chi connectivity index (χ0n) is 26.6. The molecular formula is C34H41N5O7. The summed E-state index contributed by atoms with van der Waals surface area (Å²) < 4.78 is 10.5. The number of benzene rings is 2. The van der Waals surface area contributed by atoms with Gasteiger partial charge in [0.15, 0.2) is 5.82 Å². The normalized spacial score (nSPS) is 14.6. The number of carbonyl (C=O) groups excluding carboxylic acids is 4. The molecule has 1 unspecified atom stereocenters. The van der Waals surface area contributed by atoms with Crippen molar-refractivity contribution < 1.29 is 33.8 Å². The molecule has 1 saturated heterocycles. The fraction of sp³-hybridized carbons (Fsp3) is 0.412. The van der Waals surface area contributed by atoms with E-state index in [1.165, 1.54) is 11.0 Å². The molecule has 0 aliphatic carbocycles. The van der Waals surface area contributed by atoms with Crippen molar-refractivity contribution in [2.75, 3.05) is 32.8 Å². The summed E-state index contributed by atoms with van der Waals surface area (Å²) in [5, 5.41) is 13.9. The molecule has 0 radical (unpaired) electrons. The second kappa shape index (κ2) is 15.4. The molecule has 1 aliphatic heterocycles. The Balaban J connectivity index is 1.60. The number of amides is 3. The van der Waals surface area contributed by atoms with E-state index in [1.807, 2.05) is 24.3 Å².